The fourth-order valence-corrected chi connectivity index (χ4v) is 1.57. The van der Waals surface area contributed by atoms with Gasteiger partial charge in [0, 0.05) is 44.0 Å². The number of hydrogen-bond donors (Lipinski definition) is 1. The van der Waals surface area contributed by atoms with Crippen LogP contribution in [0, 0.1) is 6.92 Å². The first kappa shape index (κ1) is 15.9. The van der Waals surface area contributed by atoms with Crippen molar-refractivity contribution < 1.29 is 9.47 Å². The Labute approximate surface area is 116 Å². The molecule has 0 fully saturated rings. The molecule has 0 atom stereocenters. The van der Waals surface area contributed by atoms with Crippen LogP contribution in [0.2, 0.25) is 0 Å². The molecule has 4 heteroatoms. The SMILES string of the molecule is COCCCOc1ccc(CNC(C)(C)C)c(C)n1. The second-order valence-corrected chi connectivity index (χ2v) is 5.69. The van der Waals surface area contributed by atoms with Gasteiger partial charge in [0.15, 0.2) is 0 Å². The summed E-state index contributed by atoms with van der Waals surface area (Å²) in [5.41, 5.74) is 2.34. The first-order valence-corrected chi connectivity index (χ1v) is 6.75. The Kier molecular flexibility index (Phi) is 6.25. The molecule has 108 valence electrons. The average Bonchev–Trinajstić information content (AvgIpc) is 2.32. The average molecular weight is 266 g/mol. The van der Waals surface area contributed by atoms with Crippen molar-refractivity contribution in [2.75, 3.05) is 20.3 Å². The zero-order valence-corrected chi connectivity index (χ0v) is 12.7. The van der Waals surface area contributed by atoms with E-state index in [9.17, 15) is 0 Å². The predicted molar refractivity (Wildman–Crippen MR) is 77.6 cm³/mol. The van der Waals surface area contributed by atoms with Gasteiger partial charge in [-0.15, -0.1) is 0 Å². The third kappa shape index (κ3) is 6.55. The summed E-state index contributed by atoms with van der Waals surface area (Å²) in [7, 11) is 1.69. The van der Waals surface area contributed by atoms with Crippen LogP contribution in [0.1, 0.15) is 38.4 Å². The van der Waals surface area contributed by atoms with Gasteiger partial charge in [-0.1, -0.05) is 6.07 Å². The van der Waals surface area contributed by atoms with Crippen molar-refractivity contribution in [2.45, 2.75) is 46.2 Å². The molecule has 0 amide bonds. The van der Waals surface area contributed by atoms with Gasteiger partial charge in [0.2, 0.25) is 5.88 Å². The van der Waals surface area contributed by atoms with Crippen molar-refractivity contribution in [1.82, 2.24) is 10.3 Å². The summed E-state index contributed by atoms with van der Waals surface area (Å²) in [5, 5.41) is 3.46. The van der Waals surface area contributed by atoms with E-state index in [1.54, 1.807) is 7.11 Å². The third-order valence-corrected chi connectivity index (χ3v) is 2.72. The van der Waals surface area contributed by atoms with E-state index in [1.165, 1.54) is 5.56 Å². The molecule has 1 heterocycles. The number of pyridine rings is 1. The molecule has 4 nitrogen and oxygen atoms in total. The summed E-state index contributed by atoms with van der Waals surface area (Å²) in [6, 6.07) is 4.01. The molecule has 0 aromatic carbocycles. The lowest BCUT2D eigenvalue weighted by atomic mass is 10.1. The predicted octanol–water partition coefficient (Wildman–Crippen LogP) is 2.69. The molecule has 1 rings (SSSR count). The van der Waals surface area contributed by atoms with E-state index in [4.69, 9.17) is 9.47 Å². The van der Waals surface area contributed by atoms with Gasteiger partial charge < -0.3 is 14.8 Å². The van der Waals surface area contributed by atoms with E-state index in [0.29, 0.717) is 19.1 Å². The molecule has 1 N–H and O–H groups in total. The summed E-state index contributed by atoms with van der Waals surface area (Å²) in [6.45, 7) is 10.7. The number of aryl methyl sites for hydroxylation is 1. The zero-order chi connectivity index (χ0) is 14.3. The van der Waals surface area contributed by atoms with Crippen molar-refractivity contribution in [3.8, 4) is 5.88 Å². The van der Waals surface area contributed by atoms with Gasteiger partial charge in [-0.05, 0) is 33.3 Å². The van der Waals surface area contributed by atoms with Gasteiger partial charge in [-0.3, -0.25) is 0 Å². The lowest BCUT2D eigenvalue weighted by Gasteiger charge is -2.21. The molecule has 0 unspecified atom stereocenters. The van der Waals surface area contributed by atoms with Crippen LogP contribution in [0.3, 0.4) is 0 Å². The second-order valence-electron chi connectivity index (χ2n) is 5.69. The Morgan fingerprint density at radius 3 is 2.53 bits per heavy atom. The monoisotopic (exact) mass is 266 g/mol. The molecule has 0 aliphatic heterocycles. The molecule has 0 aliphatic rings. The normalized spacial score (nSPS) is 11.6. The molecule has 1 aromatic rings. The van der Waals surface area contributed by atoms with Crippen LogP contribution < -0.4 is 10.1 Å². The lowest BCUT2D eigenvalue weighted by molar-refractivity contribution is 0.170. The van der Waals surface area contributed by atoms with E-state index in [2.05, 4.69) is 37.1 Å². The Morgan fingerprint density at radius 1 is 1.21 bits per heavy atom. The van der Waals surface area contributed by atoms with Crippen molar-refractivity contribution in [2.24, 2.45) is 0 Å². The largest absolute Gasteiger partial charge is 0.478 e. The van der Waals surface area contributed by atoms with Crippen LogP contribution in [0.25, 0.3) is 0 Å². The molecular weight excluding hydrogens is 240 g/mol. The third-order valence-electron chi connectivity index (χ3n) is 2.72. The second kappa shape index (κ2) is 7.46. The molecular formula is C15H26N2O2. The maximum atomic E-state index is 5.58. The minimum Gasteiger partial charge on any atom is -0.478 e. The first-order chi connectivity index (χ1) is 8.92. The lowest BCUT2D eigenvalue weighted by Crippen LogP contribution is -2.35. The molecule has 0 spiro atoms. The van der Waals surface area contributed by atoms with Crippen molar-refractivity contribution in [3.63, 3.8) is 0 Å². The number of ether oxygens (including phenoxy) is 2. The van der Waals surface area contributed by atoms with E-state index < -0.39 is 0 Å². The van der Waals surface area contributed by atoms with Gasteiger partial charge in [-0.25, -0.2) is 4.98 Å². The summed E-state index contributed by atoms with van der Waals surface area (Å²) >= 11 is 0. The number of nitrogens with one attached hydrogen (secondary N) is 1. The quantitative estimate of drug-likeness (QED) is 0.771. The fourth-order valence-electron chi connectivity index (χ4n) is 1.57. The Bertz CT molecular complexity index is 386. The minimum atomic E-state index is 0.113. The maximum Gasteiger partial charge on any atom is 0.213 e. The maximum absolute atomic E-state index is 5.58. The molecule has 0 saturated carbocycles. The summed E-state index contributed by atoms with van der Waals surface area (Å²) in [6.07, 6.45) is 0.880. The van der Waals surface area contributed by atoms with E-state index in [-0.39, 0.29) is 5.54 Å². The van der Waals surface area contributed by atoms with Crippen LogP contribution in [0.15, 0.2) is 12.1 Å². The van der Waals surface area contributed by atoms with Crippen LogP contribution in [0.5, 0.6) is 5.88 Å². The van der Waals surface area contributed by atoms with Crippen LogP contribution in [-0.4, -0.2) is 30.8 Å². The minimum absolute atomic E-state index is 0.113. The molecule has 0 bridgehead atoms. The first-order valence-electron chi connectivity index (χ1n) is 6.75. The van der Waals surface area contributed by atoms with E-state index in [0.717, 1.165) is 18.7 Å². The highest BCUT2D eigenvalue weighted by atomic mass is 16.5. The van der Waals surface area contributed by atoms with Crippen LogP contribution in [-0.2, 0) is 11.3 Å². The van der Waals surface area contributed by atoms with Gasteiger partial charge in [0.25, 0.3) is 0 Å². The van der Waals surface area contributed by atoms with Crippen LogP contribution in [0.4, 0.5) is 0 Å². The van der Waals surface area contributed by atoms with Gasteiger partial charge in [-0.2, -0.15) is 0 Å². The van der Waals surface area contributed by atoms with Gasteiger partial charge in [0.05, 0.1) is 6.61 Å². The fraction of sp³-hybridized carbons (Fsp3) is 0.667. The molecule has 0 radical (unpaired) electrons. The van der Waals surface area contributed by atoms with E-state index in [1.807, 2.05) is 13.0 Å². The smallest absolute Gasteiger partial charge is 0.213 e. The Hall–Kier alpha value is -1.13. The summed E-state index contributed by atoms with van der Waals surface area (Å²) < 4.78 is 10.6. The highest BCUT2D eigenvalue weighted by molar-refractivity contribution is 5.25. The number of hydrogen-bond acceptors (Lipinski definition) is 4. The van der Waals surface area contributed by atoms with Crippen molar-refractivity contribution >= 4 is 0 Å². The number of nitrogens with zero attached hydrogens (tertiary/aromatic N) is 1. The Balaban J connectivity index is 2.49. The highest BCUT2D eigenvalue weighted by Crippen LogP contribution is 2.13. The van der Waals surface area contributed by atoms with Crippen molar-refractivity contribution in [3.05, 3.63) is 23.4 Å². The topological polar surface area (TPSA) is 43.4 Å². The molecule has 0 aliphatic carbocycles. The van der Waals surface area contributed by atoms with Gasteiger partial charge >= 0.3 is 0 Å². The van der Waals surface area contributed by atoms with Crippen LogP contribution >= 0.6 is 0 Å². The zero-order valence-electron chi connectivity index (χ0n) is 12.7. The standard InChI is InChI=1S/C15H26N2O2/c1-12-13(11-16-15(2,3)4)7-8-14(17-12)19-10-6-9-18-5/h7-8,16H,6,9-11H2,1-5H3. The van der Waals surface area contributed by atoms with E-state index >= 15 is 0 Å². The Morgan fingerprint density at radius 2 is 1.95 bits per heavy atom. The number of rotatable bonds is 7. The number of aromatic nitrogens is 1. The highest BCUT2D eigenvalue weighted by Gasteiger charge is 2.10. The molecule has 1 aromatic heterocycles. The van der Waals surface area contributed by atoms with Gasteiger partial charge in [0.1, 0.15) is 0 Å². The van der Waals surface area contributed by atoms with Crippen molar-refractivity contribution in [1.29, 1.82) is 0 Å². The summed E-state index contributed by atoms with van der Waals surface area (Å²) in [4.78, 5) is 4.47. The molecule has 0 saturated heterocycles. The molecule has 19 heavy (non-hydrogen) atoms. The number of methoxy groups -OCH3 is 1. The summed E-state index contributed by atoms with van der Waals surface area (Å²) in [5.74, 6) is 0.688.